The van der Waals surface area contributed by atoms with Crippen molar-refractivity contribution in [3.63, 3.8) is 0 Å². The lowest BCUT2D eigenvalue weighted by Crippen LogP contribution is -2.44. The molecule has 2 atom stereocenters. The van der Waals surface area contributed by atoms with Crippen molar-refractivity contribution in [3.8, 4) is 0 Å². The Morgan fingerprint density at radius 1 is 1.36 bits per heavy atom. The van der Waals surface area contributed by atoms with Crippen molar-refractivity contribution < 1.29 is 9.53 Å². The Hall–Kier alpha value is -1.62. The summed E-state index contributed by atoms with van der Waals surface area (Å²) in [6.07, 6.45) is 5.70. The van der Waals surface area contributed by atoms with E-state index in [4.69, 9.17) is 4.74 Å². The smallest absolute Gasteiger partial charge is 0.407 e. The van der Waals surface area contributed by atoms with Crippen LogP contribution in [-0.4, -0.2) is 29.3 Å². The number of pyridine rings is 1. The van der Waals surface area contributed by atoms with E-state index in [0.717, 1.165) is 0 Å². The second-order valence-corrected chi connectivity index (χ2v) is 7.00. The van der Waals surface area contributed by atoms with E-state index in [2.05, 4.69) is 22.5 Å². The van der Waals surface area contributed by atoms with E-state index < -0.39 is 5.60 Å². The zero-order valence-corrected chi connectivity index (χ0v) is 13.9. The molecule has 1 aliphatic carbocycles. The molecule has 2 rings (SSSR count). The van der Waals surface area contributed by atoms with E-state index in [1.807, 2.05) is 32.9 Å². The minimum Gasteiger partial charge on any atom is -0.444 e. The number of rotatable bonds is 6. The Morgan fingerprint density at radius 3 is 2.55 bits per heavy atom. The molecule has 2 N–H and O–H groups in total. The molecule has 22 heavy (non-hydrogen) atoms. The fraction of sp³-hybridized carbons (Fsp3) is 0.647. The van der Waals surface area contributed by atoms with Gasteiger partial charge in [0.2, 0.25) is 0 Å². The maximum absolute atomic E-state index is 11.8. The third-order valence-corrected chi connectivity index (χ3v) is 3.73. The van der Waals surface area contributed by atoms with Gasteiger partial charge < -0.3 is 15.4 Å². The largest absolute Gasteiger partial charge is 0.444 e. The fourth-order valence-corrected chi connectivity index (χ4v) is 2.44. The second kappa shape index (κ2) is 7.09. The molecule has 122 valence electrons. The molecule has 1 aromatic rings. The summed E-state index contributed by atoms with van der Waals surface area (Å²) < 4.78 is 5.29. The minimum absolute atomic E-state index is 0.231. The monoisotopic (exact) mass is 305 g/mol. The summed E-state index contributed by atoms with van der Waals surface area (Å²) >= 11 is 0. The van der Waals surface area contributed by atoms with Crippen molar-refractivity contribution in [1.29, 1.82) is 0 Å². The van der Waals surface area contributed by atoms with Gasteiger partial charge in [-0.1, -0.05) is 0 Å². The maximum Gasteiger partial charge on any atom is 0.407 e. The first-order valence-electron chi connectivity index (χ1n) is 7.98. The van der Waals surface area contributed by atoms with E-state index in [-0.39, 0.29) is 18.2 Å². The molecule has 1 aliphatic rings. The van der Waals surface area contributed by atoms with Crippen LogP contribution in [0.2, 0.25) is 0 Å². The number of alkyl carbamates (subject to hydrolysis) is 1. The van der Waals surface area contributed by atoms with E-state index in [1.54, 1.807) is 12.4 Å². The lowest BCUT2D eigenvalue weighted by Gasteiger charge is -2.25. The molecule has 0 aromatic carbocycles. The molecule has 1 amide bonds. The topological polar surface area (TPSA) is 63.2 Å². The quantitative estimate of drug-likeness (QED) is 0.848. The van der Waals surface area contributed by atoms with Crippen LogP contribution in [0.3, 0.4) is 0 Å². The number of nitrogens with one attached hydrogen (secondary N) is 2. The van der Waals surface area contributed by atoms with Gasteiger partial charge in [0.05, 0.1) is 0 Å². The first-order valence-corrected chi connectivity index (χ1v) is 7.98. The van der Waals surface area contributed by atoms with Gasteiger partial charge in [-0.3, -0.25) is 4.98 Å². The molecule has 0 radical (unpaired) electrons. The van der Waals surface area contributed by atoms with Gasteiger partial charge >= 0.3 is 6.09 Å². The zero-order chi connectivity index (χ0) is 16.2. The van der Waals surface area contributed by atoms with Crippen LogP contribution < -0.4 is 10.6 Å². The average Bonchev–Trinajstić information content (AvgIpc) is 3.26. The van der Waals surface area contributed by atoms with Crippen LogP contribution in [0.25, 0.3) is 0 Å². The van der Waals surface area contributed by atoms with Gasteiger partial charge in [0.25, 0.3) is 0 Å². The molecule has 0 saturated heterocycles. The summed E-state index contributed by atoms with van der Waals surface area (Å²) in [4.78, 5) is 15.8. The van der Waals surface area contributed by atoms with E-state index in [0.29, 0.717) is 12.5 Å². The molecule has 1 saturated carbocycles. The highest BCUT2D eigenvalue weighted by atomic mass is 16.6. The second-order valence-electron chi connectivity index (χ2n) is 7.00. The van der Waals surface area contributed by atoms with Crippen molar-refractivity contribution in [2.75, 3.05) is 6.54 Å². The van der Waals surface area contributed by atoms with Gasteiger partial charge in [0, 0.05) is 31.0 Å². The van der Waals surface area contributed by atoms with Crippen LogP contribution in [0.1, 0.15) is 52.1 Å². The van der Waals surface area contributed by atoms with Gasteiger partial charge in [0.15, 0.2) is 0 Å². The standard InChI is InChI=1S/C17H27N3O2/c1-12(13-7-9-18-10-8-13)20-15(14-5-6-14)11-19-16(21)22-17(2,3)4/h7-10,12,14-15,20H,5-6,11H2,1-4H3,(H,19,21). The highest BCUT2D eigenvalue weighted by molar-refractivity contribution is 5.67. The third-order valence-electron chi connectivity index (χ3n) is 3.73. The third kappa shape index (κ3) is 5.64. The number of hydrogen-bond donors (Lipinski definition) is 2. The van der Waals surface area contributed by atoms with E-state index >= 15 is 0 Å². The van der Waals surface area contributed by atoms with Gasteiger partial charge in [-0.05, 0) is 64.2 Å². The highest BCUT2D eigenvalue weighted by Gasteiger charge is 2.32. The van der Waals surface area contributed by atoms with Gasteiger partial charge in [0.1, 0.15) is 5.60 Å². The van der Waals surface area contributed by atoms with Crippen LogP contribution in [0.5, 0.6) is 0 Å². The number of aromatic nitrogens is 1. The number of carbonyl (C=O) groups is 1. The predicted molar refractivity (Wildman–Crippen MR) is 86.5 cm³/mol. The van der Waals surface area contributed by atoms with Crippen molar-refractivity contribution in [2.45, 2.75) is 58.2 Å². The first kappa shape index (κ1) is 16.7. The minimum atomic E-state index is -0.461. The van der Waals surface area contributed by atoms with Crippen LogP contribution in [0.15, 0.2) is 24.5 Å². The SMILES string of the molecule is CC(NC(CNC(=O)OC(C)(C)C)C1CC1)c1ccncc1. The summed E-state index contributed by atoms with van der Waals surface area (Å²) in [5.74, 6) is 0.638. The Kier molecular flexibility index (Phi) is 5.40. The number of hydrogen-bond acceptors (Lipinski definition) is 4. The lowest BCUT2D eigenvalue weighted by molar-refractivity contribution is 0.0520. The summed E-state index contributed by atoms with van der Waals surface area (Å²) in [7, 11) is 0. The maximum atomic E-state index is 11.8. The van der Waals surface area contributed by atoms with Crippen molar-refractivity contribution >= 4 is 6.09 Å². The molecule has 5 nitrogen and oxygen atoms in total. The fourth-order valence-electron chi connectivity index (χ4n) is 2.44. The summed E-state index contributed by atoms with van der Waals surface area (Å²) in [5.41, 5.74) is 0.745. The summed E-state index contributed by atoms with van der Waals surface area (Å²) in [6.45, 7) is 8.34. The molecule has 0 spiro atoms. The molecule has 5 heteroatoms. The van der Waals surface area contributed by atoms with Crippen molar-refractivity contribution in [1.82, 2.24) is 15.6 Å². The molecular formula is C17H27N3O2. The Labute approximate surface area is 132 Å². The average molecular weight is 305 g/mol. The zero-order valence-electron chi connectivity index (χ0n) is 13.9. The molecule has 1 fully saturated rings. The van der Waals surface area contributed by atoms with Crippen molar-refractivity contribution in [2.24, 2.45) is 5.92 Å². The van der Waals surface area contributed by atoms with Crippen LogP contribution in [-0.2, 0) is 4.74 Å². The summed E-state index contributed by atoms with van der Waals surface area (Å²) in [5, 5.41) is 6.50. The Morgan fingerprint density at radius 2 is 2.00 bits per heavy atom. The van der Waals surface area contributed by atoms with Crippen LogP contribution in [0, 0.1) is 5.92 Å². The normalized spacial score (nSPS) is 17.6. The first-order chi connectivity index (χ1) is 10.3. The van der Waals surface area contributed by atoms with Crippen LogP contribution in [0.4, 0.5) is 4.79 Å². The van der Waals surface area contributed by atoms with Gasteiger partial charge in [-0.2, -0.15) is 0 Å². The Bertz CT molecular complexity index is 480. The number of nitrogens with zero attached hydrogens (tertiary/aromatic N) is 1. The number of ether oxygens (including phenoxy) is 1. The predicted octanol–water partition coefficient (Wildman–Crippen LogP) is 3.04. The number of carbonyl (C=O) groups excluding carboxylic acids is 1. The Balaban J connectivity index is 1.84. The molecule has 1 heterocycles. The summed E-state index contributed by atoms with van der Waals surface area (Å²) in [6, 6.07) is 4.54. The highest BCUT2D eigenvalue weighted by Crippen LogP contribution is 2.33. The van der Waals surface area contributed by atoms with Gasteiger partial charge in [-0.25, -0.2) is 4.79 Å². The van der Waals surface area contributed by atoms with E-state index in [1.165, 1.54) is 18.4 Å². The van der Waals surface area contributed by atoms with Gasteiger partial charge in [-0.15, -0.1) is 0 Å². The van der Waals surface area contributed by atoms with E-state index in [9.17, 15) is 4.79 Å². The molecule has 1 aromatic heterocycles. The molecular weight excluding hydrogens is 278 g/mol. The lowest BCUT2D eigenvalue weighted by atomic mass is 10.1. The van der Waals surface area contributed by atoms with Crippen LogP contribution >= 0.6 is 0 Å². The molecule has 2 unspecified atom stereocenters. The van der Waals surface area contributed by atoms with Crippen molar-refractivity contribution in [3.05, 3.63) is 30.1 Å². The molecule has 0 bridgehead atoms. The number of amides is 1. The molecule has 0 aliphatic heterocycles.